The number of nitrogens with two attached hydrogens (primary N) is 1. The largest absolute Gasteiger partial charge is 0.465 e. The second-order valence-electron chi connectivity index (χ2n) is 5.64. The maximum Gasteiger partial charge on any atom is 0.340 e. The number of carbonyl (C=O) groups excluding carboxylic acids is 4. The van der Waals surface area contributed by atoms with Crippen molar-refractivity contribution in [2.75, 3.05) is 31.9 Å². The van der Waals surface area contributed by atoms with Gasteiger partial charge in [0.05, 0.1) is 30.9 Å². The highest BCUT2D eigenvalue weighted by Gasteiger charge is 2.17. The van der Waals surface area contributed by atoms with Crippen LogP contribution in [0.2, 0.25) is 5.02 Å². The van der Waals surface area contributed by atoms with Crippen molar-refractivity contribution in [3.05, 3.63) is 58.1 Å². The number of rotatable bonds is 6. The van der Waals surface area contributed by atoms with Crippen LogP contribution in [0.3, 0.4) is 0 Å². The Kier molecular flexibility index (Phi) is 7.15. The number of halogens is 1. The Hall–Kier alpha value is -3.59. The third-order valence-electron chi connectivity index (χ3n) is 3.63. The van der Waals surface area contributed by atoms with Crippen LogP contribution in [0.5, 0.6) is 0 Å². The minimum absolute atomic E-state index is 0.0194. The molecule has 2 rings (SSSR count). The van der Waals surface area contributed by atoms with Gasteiger partial charge >= 0.3 is 17.9 Å². The minimum Gasteiger partial charge on any atom is -0.465 e. The fourth-order valence-corrected chi connectivity index (χ4v) is 2.45. The number of hydrogen-bond acceptors (Lipinski definition) is 8. The van der Waals surface area contributed by atoms with Gasteiger partial charge in [-0.2, -0.15) is 0 Å². The molecular formula is C19H17ClN2O7. The second kappa shape index (κ2) is 9.56. The molecule has 0 aliphatic rings. The topological polar surface area (TPSA) is 134 Å². The smallest absolute Gasteiger partial charge is 0.340 e. The molecule has 0 saturated heterocycles. The summed E-state index contributed by atoms with van der Waals surface area (Å²) in [6, 6.07) is 8.12. The molecule has 0 fully saturated rings. The van der Waals surface area contributed by atoms with Crippen molar-refractivity contribution in [3.63, 3.8) is 0 Å². The number of amides is 1. The molecule has 0 unspecified atom stereocenters. The van der Waals surface area contributed by atoms with Gasteiger partial charge in [0, 0.05) is 16.4 Å². The van der Waals surface area contributed by atoms with Crippen LogP contribution in [-0.2, 0) is 19.0 Å². The summed E-state index contributed by atoms with van der Waals surface area (Å²) in [6.45, 7) is -0.638. The average molecular weight is 421 g/mol. The van der Waals surface area contributed by atoms with E-state index in [2.05, 4.69) is 14.8 Å². The molecule has 1 amide bonds. The van der Waals surface area contributed by atoms with E-state index in [1.165, 1.54) is 50.6 Å². The van der Waals surface area contributed by atoms with Gasteiger partial charge in [-0.25, -0.2) is 14.4 Å². The highest BCUT2D eigenvalue weighted by molar-refractivity contribution is 6.31. The monoisotopic (exact) mass is 420 g/mol. The summed E-state index contributed by atoms with van der Waals surface area (Å²) in [5, 5.41) is 2.71. The van der Waals surface area contributed by atoms with Crippen molar-refractivity contribution in [1.82, 2.24) is 0 Å². The molecule has 152 valence electrons. The van der Waals surface area contributed by atoms with E-state index < -0.39 is 30.4 Å². The van der Waals surface area contributed by atoms with Gasteiger partial charge in [0.15, 0.2) is 6.61 Å². The third-order valence-corrected chi connectivity index (χ3v) is 3.86. The molecule has 0 radical (unpaired) electrons. The number of hydrogen-bond donors (Lipinski definition) is 2. The Morgan fingerprint density at radius 2 is 1.52 bits per heavy atom. The van der Waals surface area contributed by atoms with Crippen molar-refractivity contribution < 1.29 is 33.4 Å². The molecule has 29 heavy (non-hydrogen) atoms. The summed E-state index contributed by atoms with van der Waals surface area (Å²) in [6.07, 6.45) is 0. The number of nitrogens with one attached hydrogen (secondary N) is 1. The van der Waals surface area contributed by atoms with Crippen LogP contribution in [0.25, 0.3) is 0 Å². The van der Waals surface area contributed by atoms with Crippen molar-refractivity contribution >= 4 is 46.8 Å². The molecule has 10 heteroatoms. The lowest BCUT2D eigenvalue weighted by molar-refractivity contribution is -0.119. The molecule has 0 aliphatic heterocycles. The molecule has 0 aliphatic carbocycles. The SMILES string of the molecule is COC(=O)c1cc(NC(=O)COC(=O)c2cc(Cl)ccc2N)cc(C(=O)OC)c1. The van der Waals surface area contributed by atoms with E-state index >= 15 is 0 Å². The first kappa shape index (κ1) is 21.7. The van der Waals surface area contributed by atoms with Crippen LogP contribution in [-0.4, -0.2) is 44.6 Å². The zero-order chi connectivity index (χ0) is 21.6. The number of anilines is 2. The summed E-state index contributed by atoms with van der Waals surface area (Å²) in [7, 11) is 2.35. The van der Waals surface area contributed by atoms with E-state index in [-0.39, 0.29) is 33.1 Å². The van der Waals surface area contributed by atoms with Crippen molar-refractivity contribution in [2.24, 2.45) is 0 Å². The highest BCUT2D eigenvalue weighted by Crippen LogP contribution is 2.19. The molecule has 0 heterocycles. The van der Waals surface area contributed by atoms with Crippen molar-refractivity contribution in [3.8, 4) is 0 Å². The molecule has 0 aromatic heterocycles. The molecule has 3 N–H and O–H groups in total. The Bertz CT molecular complexity index is 941. The Morgan fingerprint density at radius 1 is 0.931 bits per heavy atom. The van der Waals surface area contributed by atoms with Gasteiger partial charge in [-0.1, -0.05) is 11.6 Å². The lowest BCUT2D eigenvalue weighted by Gasteiger charge is -2.10. The molecule has 0 spiro atoms. The predicted molar refractivity (Wildman–Crippen MR) is 104 cm³/mol. The van der Waals surface area contributed by atoms with Gasteiger partial charge in [-0.3, -0.25) is 4.79 Å². The van der Waals surface area contributed by atoms with Gasteiger partial charge in [0.2, 0.25) is 0 Å². The van der Waals surface area contributed by atoms with Crippen molar-refractivity contribution in [1.29, 1.82) is 0 Å². The number of methoxy groups -OCH3 is 2. The molecule has 0 saturated carbocycles. The molecular weight excluding hydrogens is 404 g/mol. The summed E-state index contributed by atoms with van der Waals surface area (Å²) < 4.78 is 14.2. The summed E-state index contributed by atoms with van der Waals surface area (Å²) >= 11 is 5.82. The second-order valence-corrected chi connectivity index (χ2v) is 6.07. The average Bonchev–Trinajstić information content (AvgIpc) is 2.72. The quantitative estimate of drug-likeness (QED) is 0.413. The first-order chi connectivity index (χ1) is 13.7. The van der Waals surface area contributed by atoms with Crippen LogP contribution in [0.4, 0.5) is 11.4 Å². The maximum absolute atomic E-state index is 12.1. The molecule has 0 atom stereocenters. The van der Waals surface area contributed by atoms with Gasteiger partial charge in [-0.15, -0.1) is 0 Å². The van der Waals surface area contributed by atoms with E-state index in [0.29, 0.717) is 0 Å². The van der Waals surface area contributed by atoms with Gasteiger partial charge in [0.25, 0.3) is 5.91 Å². The van der Waals surface area contributed by atoms with Crippen LogP contribution in [0.1, 0.15) is 31.1 Å². The predicted octanol–water partition coefficient (Wildman–Crippen LogP) is 2.29. The summed E-state index contributed by atoms with van der Waals surface area (Å²) in [5.74, 6) is -2.97. The highest BCUT2D eigenvalue weighted by atomic mass is 35.5. The zero-order valence-corrected chi connectivity index (χ0v) is 16.2. The lowest BCUT2D eigenvalue weighted by Crippen LogP contribution is -2.22. The first-order valence-electron chi connectivity index (χ1n) is 8.09. The number of nitrogen functional groups attached to an aromatic ring is 1. The fourth-order valence-electron chi connectivity index (χ4n) is 2.28. The summed E-state index contributed by atoms with van der Waals surface area (Å²) in [5.41, 5.74) is 6.01. The van der Waals surface area contributed by atoms with E-state index in [0.717, 1.165) is 0 Å². The van der Waals surface area contributed by atoms with Crippen LogP contribution in [0.15, 0.2) is 36.4 Å². The van der Waals surface area contributed by atoms with Gasteiger partial charge in [0.1, 0.15) is 0 Å². The third kappa shape index (κ3) is 5.69. The molecule has 0 bridgehead atoms. The lowest BCUT2D eigenvalue weighted by atomic mass is 10.1. The Labute approximate surface area is 170 Å². The minimum atomic E-state index is -0.835. The standard InChI is InChI=1S/C19H17ClN2O7/c1-27-17(24)10-5-11(18(25)28-2)7-13(6-10)22-16(23)9-29-19(26)14-8-12(20)3-4-15(14)21/h3-8H,9,21H2,1-2H3,(H,22,23). The van der Waals surface area contributed by atoms with E-state index in [1.54, 1.807) is 0 Å². The number of carbonyl (C=O) groups is 4. The van der Waals surface area contributed by atoms with Crippen molar-refractivity contribution in [2.45, 2.75) is 0 Å². The van der Waals surface area contributed by atoms with E-state index in [9.17, 15) is 19.2 Å². The normalized spacial score (nSPS) is 10.0. The molecule has 9 nitrogen and oxygen atoms in total. The van der Waals surface area contributed by atoms with Crippen LogP contribution in [0, 0.1) is 0 Å². The van der Waals surface area contributed by atoms with Crippen LogP contribution < -0.4 is 11.1 Å². The fraction of sp³-hybridized carbons (Fsp3) is 0.158. The number of benzene rings is 2. The van der Waals surface area contributed by atoms with Gasteiger partial charge in [-0.05, 0) is 36.4 Å². The molecule has 2 aromatic rings. The molecule has 2 aromatic carbocycles. The van der Waals surface area contributed by atoms with E-state index in [4.69, 9.17) is 22.1 Å². The zero-order valence-electron chi connectivity index (χ0n) is 15.5. The Balaban J connectivity index is 2.11. The van der Waals surface area contributed by atoms with E-state index in [1.807, 2.05) is 0 Å². The summed E-state index contributed by atoms with van der Waals surface area (Å²) in [4.78, 5) is 47.7. The number of esters is 3. The first-order valence-corrected chi connectivity index (χ1v) is 8.46. The van der Waals surface area contributed by atoms with Crippen LogP contribution >= 0.6 is 11.6 Å². The number of ether oxygens (including phenoxy) is 3. The Morgan fingerprint density at radius 3 is 2.07 bits per heavy atom. The van der Waals surface area contributed by atoms with Gasteiger partial charge < -0.3 is 25.3 Å². The maximum atomic E-state index is 12.1.